The Hall–Kier alpha value is -0.870. The largest absolute Gasteiger partial charge is 0.477 e. The van der Waals surface area contributed by atoms with E-state index in [-0.39, 0.29) is 0 Å². The predicted molar refractivity (Wildman–Crippen MR) is 51.3 cm³/mol. The minimum atomic E-state index is -0.807. The molecule has 2 rings (SSSR count). The molecule has 1 aliphatic heterocycles. The summed E-state index contributed by atoms with van der Waals surface area (Å²) in [4.78, 5) is 12.4. The summed E-state index contributed by atoms with van der Waals surface area (Å²) in [5.41, 5.74) is 1.17. The van der Waals surface area contributed by atoms with E-state index in [1.807, 2.05) is 0 Å². The van der Waals surface area contributed by atoms with E-state index < -0.39 is 5.97 Å². The first-order valence-corrected chi connectivity index (χ1v) is 5.14. The first-order valence-electron chi connectivity index (χ1n) is 4.33. The van der Waals surface area contributed by atoms with Crippen molar-refractivity contribution in [1.82, 2.24) is 5.32 Å². The van der Waals surface area contributed by atoms with Crippen molar-refractivity contribution in [3.05, 3.63) is 21.4 Å². The van der Waals surface area contributed by atoms with Gasteiger partial charge in [0.2, 0.25) is 0 Å². The van der Waals surface area contributed by atoms with Crippen molar-refractivity contribution in [1.29, 1.82) is 0 Å². The number of fused-ring (bicyclic) bond motifs is 1. The fraction of sp³-hybridized carbons (Fsp3) is 0.444. The lowest BCUT2D eigenvalue weighted by Gasteiger charge is -1.95. The molecule has 0 fully saturated rings. The smallest absolute Gasteiger partial charge is 0.345 e. The zero-order chi connectivity index (χ0) is 9.26. The topological polar surface area (TPSA) is 49.3 Å². The van der Waals surface area contributed by atoms with Gasteiger partial charge in [-0.1, -0.05) is 0 Å². The summed E-state index contributed by atoms with van der Waals surface area (Å²) in [5.74, 6) is -0.807. The molecule has 0 saturated carbocycles. The highest BCUT2D eigenvalue weighted by Gasteiger charge is 2.14. The van der Waals surface area contributed by atoms with Gasteiger partial charge in [0, 0.05) is 11.4 Å². The van der Waals surface area contributed by atoms with Gasteiger partial charge in [0.15, 0.2) is 0 Å². The van der Waals surface area contributed by atoms with Crippen LogP contribution in [0.4, 0.5) is 0 Å². The van der Waals surface area contributed by atoms with Gasteiger partial charge >= 0.3 is 5.97 Å². The van der Waals surface area contributed by atoms with E-state index >= 15 is 0 Å². The minimum absolute atomic E-state index is 0.466. The fourth-order valence-electron chi connectivity index (χ4n) is 1.53. The molecule has 13 heavy (non-hydrogen) atoms. The first kappa shape index (κ1) is 8.72. The van der Waals surface area contributed by atoms with Crippen LogP contribution in [-0.2, 0) is 13.0 Å². The number of aryl methyl sites for hydroxylation is 1. The summed E-state index contributed by atoms with van der Waals surface area (Å²) in [6.45, 7) is 1.85. The van der Waals surface area contributed by atoms with Gasteiger partial charge in [-0.15, -0.1) is 11.3 Å². The summed E-state index contributed by atoms with van der Waals surface area (Å²) in [6.07, 6.45) is 2.12. The Morgan fingerprint density at radius 3 is 3.23 bits per heavy atom. The molecule has 0 atom stereocenters. The summed E-state index contributed by atoms with van der Waals surface area (Å²) in [6, 6.07) is 1.79. The molecule has 70 valence electrons. The Kier molecular flexibility index (Phi) is 2.33. The molecule has 3 nitrogen and oxygen atoms in total. The lowest BCUT2D eigenvalue weighted by Crippen LogP contribution is -2.11. The van der Waals surface area contributed by atoms with Crippen molar-refractivity contribution in [2.45, 2.75) is 19.4 Å². The first-order chi connectivity index (χ1) is 6.27. The fourth-order valence-corrected chi connectivity index (χ4v) is 2.59. The van der Waals surface area contributed by atoms with E-state index in [1.54, 1.807) is 6.07 Å². The van der Waals surface area contributed by atoms with Crippen LogP contribution in [0.25, 0.3) is 0 Å². The predicted octanol–water partition coefficient (Wildman–Crippen LogP) is 1.48. The van der Waals surface area contributed by atoms with Gasteiger partial charge in [-0.05, 0) is 31.0 Å². The van der Waals surface area contributed by atoms with Crippen molar-refractivity contribution in [2.24, 2.45) is 0 Å². The van der Waals surface area contributed by atoms with Crippen molar-refractivity contribution < 1.29 is 9.90 Å². The molecule has 0 aliphatic carbocycles. The molecular weight excluding hydrogens is 186 g/mol. The van der Waals surface area contributed by atoms with E-state index in [4.69, 9.17) is 5.11 Å². The van der Waals surface area contributed by atoms with Gasteiger partial charge in [-0.2, -0.15) is 0 Å². The molecule has 0 spiro atoms. The zero-order valence-corrected chi connectivity index (χ0v) is 7.99. The molecule has 0 bridgehead atoms. The van der Waals surface area contributed by atoms with Crippen molar-refractivity contribution in [2.75, 3.05) is 6.54 Å². The van der Waals surface area contributed by atoms with Crippen LogP contribution >= 0.6 is 11.3 Å². The average Bonchev–Trinajstić information content (AvgIpc) is 2.38. The van der Waals surface area contributed by atoms with Crippen molar-refractivity contribution >= 4 is 17.3 Å². The van der Waals surface area contributed by atoms with Gasteiger partial charge in [0.25, 0.3) is 0 Å². The van der Waals surface area contributed by atoms with E-state index in [1.165, 1.54) is 21.8 Å². The molecule has 0 aromatic carbocycles. The molecule has 0 unspecified atom stereocenters. The van der Waals surface area contributed by atoms with Crippen LogP contribution in [0.5, 0.6) is 0 Å². The lowest BCUT2D eigenvalue weighted by molar-refractivity contribution is 0.0702. The number of nitrogens with one attached hydrogen (secondary N) is 1. The molecule has 4 heteroatoms. The quantitative estimate of drug-likeness (QED) is 0.717. The van der Waals surface area contributed by atoms with Gasteiger partial charge in [-0.25, -0.2) is 4.79 Å². The monoisotopic (exact) mass is 197 g/mol. The van der Waals surface area contributed by atoms with Crippen LogP contribution in [0.3, 0.4) is 0 Å². The Labute approximate surface area is 80.4 Å². The summed E-state index contributed by atoms with van der Waals surface area (Å²) in [7, 11) is 0. The standard InChI is InChI=1S/C9H11NO2S/c11-9(12)8-4-6-5-10-3-1-2-7(6)13-8/h4,10H,1-3,5H2,(H,11,12). The second-order valence-corrected chi connectivity index (χ2v) is 4.28. The Balaban J connectivity index is 2.32. The normalized spacial score (nSPS) is 16.3. The minimum Gasteiger partial charge on any atom is -0.477 e. The van der Waals surface area contributed by atoms with Gasteiger partial charge in [-0.3, -0.25) is 0 Å². The molecule has 2 N–H and O–H groups in total. The van der Waals surface area contributed by atoms with E-state index in [2.05, 4.69) is 5.32 Å². The van der Waals surface area contributed by atoms with E-state index in [0.717, 1.165) is 25.9 Å². The number of thiophene rings is 1. The van der Waals surface area contributed by atoms with Gasteiger partial charge in [0.1, 0.15) is 4.88 Å². The van der Waals surface area contributed by atoms with E-state index in [0.29, 0.717) is 4.88 Å². The second kappa shape index (κ2) is 3.47. The van der Waals surface area contributed by atoms with Crippen LogP contribution in [0.1, 0.15) is 26.5 Å². The summed E-state index contributed by atoms with van der Waals surface area (Å²) >= 11 is 1.42. The molecular formula is C9H11NO2S. The highest BCUT2D eigenvalue weighted by Crippen LogP contribution is 2.25. The Morgan fingerprint density at radius 2 is 2.46 bits per heavy atom. The van der Waals surface area contributed by atoms with Gasteiger partial charge < -0.3 is 10.4 Å². The molecule has 1 aromatic rings. The molecule has 1 aliphatic rings. The van der Waals surface area contributed by atoms with E-state index in [9.17, 15) is 4.79 Å². The number of aromatic carboxylic acids is 1. The van der Waals surface area contributed by atoms with Gasteiger partial charge in [0.05, 0.1) is 0 Å². The van der Waals surface area contributed by atoms with Crippen LogP contribution in [0.2, 0.25) is 0 Å². The van der Waals surface area contributed by atoms with Crippen molar-refractivity contribution in [3.8, 4) is 0 Å². The number of rotatable bonds is 1. The number of hydrogen-bond donors (Lipinski definition) is 2. The lowest BCUT2D eigenvalue weighted by atomic mass is 10.2. The summed E-state index contributed by atoms with van der Waals surface area (Å²) < 4.78 is 0. The van der Waals surface area contributed by atoms with Crippen LogP contribution < -0.4 is 5.32 Å². The number of carbonyl (C=O) groups is 1. The number of hydrogen-bond acceptors (Lipinski definition) is 3. The third kappa shape index (κ3) is 1.73. The maximum atomic E-state index is 10.7. The molecule has 2 heterocycles. The maximum Gasteiger partial charge on any atom is 0.345 e. The Bertz CT molecular complexity index is 309. The number of carboxylic acids is 1. The van der Waals surface area contributed by atoms with Crippen LogP contribution in [-0.4, -0.2) is 17.6 Å². The average molecular weight is 197 g/mol. The SMILES string of the molecule is O=C(O)c1cc2c(s1)CCCNC2. The highest BCUT2D eigenvalue weighted by atomic mass is 32.1. The van der Waals surface area contributed by atoms with Crippen LogP contribution in [0.15, 0.2) is 6.07 Å². The third-order valence-corrected chi connectivity index (χ3v) is 3.41. The maximum absolute atomic E-state index is 10.7. The number of carboxylic acid groups (broad SMARTS) is 1. The molecule has 0 saturated heterocycles. The zero-order valence-electron chi connectivity index (χ0n) is 7.17. The second-order valence-electron chi connectivity index (χ2n) is 3.14. The Morgan fingerprint density at radius 1 is 1.62 bits per heavy atom. The summed E-state index contributed by atoms with van der Waals surface area (Å²) in [5, 5.41) is 12.1. The van der Waals surface area contributed by atoms with Crippen LogP contribution in [0, 0.1) is 0 Å². The third-order valence-electron chi connectivity index (χ3n) is 2.18. The van der Waals surface area contributed by atoms with Crippen molar-refractivity contribution in [3.63, 3.8) is 0 Å². The highest BCUT2D eigenvalue weighted by molar-refractivity contribution is 7.14. The molecule has 0 amide bonds. The molecule has 1 aromatic heterocycles. The molecule has 0 radical (unpaired) electrons.